The van der Waals surface area contributed by atoms with Gasteiger partial charge < -0.3 is 9.47 Å². The van der Waals surface area contributed by atoms with Crippen LogP contribution in [0.3, 0.4) is 0 Å². The van der Waals surface area contributed by atoms with E-state index in [-0.39, 0.29) is 13.2 Å². The molecule has 3 aromatic rings. The molecule has 0 radical (unpaired) electrons. The number of hydrogen-bond donors (Lipinski definition) is 1. The molecular weight excluding hydrogens is 526 g/mol. The predicted molar refractivity (Wildman–Crippen MR) is 150 cm³/mol. The summed E-state index contributed by atoms with van der Waals surface area (Å²) in [7, 11) is -3.49. The first-order valence-corrected chi connectivity index (χ1v) is 14.8. The van der Waals surface area contributed by atoms with Crippen LogP contribution in [0.15, 0.2) is 84.0 Å². The molecular formula is C27H29N3O6S2. The lowest BCUT2D eigenvalue weighted by atomic mass is 10.1. The molecule has 0 saturated carbocycles. The molecule has 200 valence electrons. The molecule has 9 nitrogen and oxygen atoms in total. The van der Waals surface area contributed by atoms with Crippen LogP contribution in [0.5, 0.6) is 5.75 Å². The first kappa shape index (κ1) is 28.7. The van der Waals surface area contributed by atoms with Crippen LogP contribution in [-0.2, 0) is 26.1 Å². The number of carbonyl (C=O) groups is 2. The van der Waals surface area contributed by atoms with Crippen LogP contribution in [0, 0.1) is 0 Å². The summed E-state index contributed by atoms with van der Waals surface area (Å²) in [6.45, 7) is 0.321. The van der Waals surface area contributed by atoms with Crippen LogP contribution >= 0.6 is 11.8 Å². The lowest BCUT2D eigenvalue weighted by Crippen LogP contribution is -2.29. The number of amides is 1. The average molecular weight is 556 g/mol. The van der Waals surface area contributed by atoms with Crippen LogP contribution in [-0.4, -0.2) is 58.0 Å². The zero-order valence-electron chi connectivity index (χ0n) is 21.1. The summed E-state index contributed by atoms with van der Waals surface area (Å²) < 4.78 is 36.3. The molecule has 3 rings (SSSR count). The minimum absolute atomic E-state index is 0.141. The van der Waals surface area contributed by atoms with Crippen LogP contribution in [0.2, 0.25) is 0 Å². The summed E-state index contributed by atoms with van der Waals surface area (Å²) in [6.07, 6.45) is 4.57. The van der Waals surface area contributed by atoms with Gasteiger partial charge in [0.25, 0.3) is 5.91 Å². The first-order chi connectivity index (χ1) is 18.3. The highest BCUT2D eigenvalue weighted by Crippen LogP contribution is 2.20. The summed E-state index contributed by atoms with van der Waals surface area (Å²) >= 11 is 1.59. The van der Waals surface area contributed by atoms with E-state index in [0.717, 1.165) is 23.1 Å². The van der Waals surface area contributed by atoms with Crippen LogP contribution in [0.25, 0.3) is 0 Å². The van der Waals surface area contributed by atoms with E-state index in [0.29, 0.717) is 23.6 Å². The van der Waals surface area contributed by atoms with Gasteiger partial charge in [-0.2, -0.15) is 16.9 Å². The molecule has 0 spiro atoms. The second-order valence-corrected chi connectivity index (χ2v) is 11.0. The van der Waals surface area contributed by atoms with Gasteiger partial charge in [0.2, 0.25) is 10.0 Å². The van der Waals surface area contributed by atoms with Crippen molar-refractivity contribution in [1.82, 2.24) is 5.43 Å². The number of sulfonamides is 1. The quantitative estimate of drug-likeness (QED) is 0.148. The maximum absolute atomic E-state index is 12.5. The van der Waals surface area contributed by atoms with E-state index >= 15 is 0 Å². The number of para-hydroxylation sites is 1. The molecule has 1 N–H and O–H groups in total. The third kappa shape index (κ3) is 9.24. The molecule has 0 unspecified atom stereocenters. The number of rotatable bonds is 13. The molecule has 0 aliphatic heterocycles. The van der Waals surface area contributed by atoms with Gasteiger partial charge in [0, 0.05) is 11.3 Å². The minimum Gasteiger partial charge on any atom is -0.482 e. The number of hydrazone groups is 1. The molecule has 0 atom stereocenters. The van der Waals surface area contributed by atoms with Crippen molar-refractivity contribution >= 4 is 45.6 Å². The highest BCUT2D eigenvalue weighted by Gasteiger charge is 2.17. The number of ether oxygens (including phenoxy) is 2. The Labute approximate surface area is 226 Å². The molecule has 0 aromatic heterocycles. The van der Waals surface area contributed by atoms with E-state index in [2.05, 4.69) is 10.5 Å². The monoisotopic (exact) mass is 555 g/mol. The Morgan fingerprint density at radius 2 is 1.68 bits per heavy atom. The van der Waals surface area contributed by atoms with Crippen molar-refractivity contribution in [2.45, 2.75) is 6.54 Å². The summed E-state index contributed by atoms with van der Waals surface area (Å²) in [5, 5.41) is 3.98. The number of benzene rings is 3. The third-order valence-corrected chi connectivity index (χ3v) is 6.87. The Bertz CT molecular complexity index is 1330. The smallest absolute Gasteiger partial charge is 0.344 e. The normalized spacial score (nSPS) is 11.2. The largest absolute Gasteiger partial charge is 0.482 e. The van der Waals surface area contributed by atoms with Crippen LogP contribution in [0.1, 0.15) is 21.5 Å². The number of nitrogens with zero attached hydrogens (tertiary/aromatic N) is 2. The Balaban J connectivity index is 1.50. The highest BCUT2D eigenvalue weighted by atomic mass is 32.2. The number of thioether (sulfide) groups is 1. The second-order valence-electron chi connectivity index (χ2n) is 8.07. The van der Waals surface area contributed by atoms with Crippen LogP contribution in [0.4, 0.5) is 5.69 Å². The molecule has 38 heavy (non-hydrogen) atoms. The van der Waals surface area contributed by atoms with E-state index in [1.54, 1.807) is 84.6 Å². The van der Waals surface area contributed by atoms with Crippen molar-refractivity contribution in [2.24, 2.45) is 5.10 Å². The van der Waals surface area contributed by atoms with Gasteiger partial charge in [-0.15, -0.1) is 0 Å². The third-order valence-electron chi connectivity index (χ3n) is 5.15. The average Bonchev–Trinajstić information content (AvgIpc) is 2.91. The molecule has 3 aromatic carbocycles. The number of carbonyl (C=O) groups excluding carboxylic acids is 2. The van der Waals surface area contributed by atoms with Gasteiger partial charge in [-0.25, -0.2) is 18.6 Å². The number of esters is 1. The summed E-state index contributed by atoms with van der Waals surface area (Å²) in [6, 6.07) is 22.3. The van der Waals surface area contributed by atoms with Gasteiger partial charge in [0.15, 0.2) is 6.61 Å². The zero-order valence-corrected chi connectivity index (χ0v) is 22.7. The fraction of sp³-hybridized carbons (Fsp3) is 0.222. The van der Waals surface area contributed by atoms with E-state index < -0.39 is 21.9 Å². The second kappa shape index (κ2) is 14.2. The molecule has 0 bridgehead atoms. The molecule has 11 heteroatoms. The molecule has 0 fully saturated rings. The lowest BCUT2D eigenvalue weighted by molar-refractivity contribution is -0.145. The van der Waals surface area contributed by atoms with Gasteiger partial charge in [0.05, 0.1) is 24.7 Å². The van der Waals surface area contributed by atoms with Crippen molar-refractivity contribution in [2.75, 3.05) is 35.8 Å². The topological polar surface area (TPSA) is 114 Å². The van der Waals surface area contributed by atoms with Crippen LogP contribution < -0.4 is 14.5 Å². The van der Waals surface area contributed by atoms with Gasteiger partial charge in [0.1, 0.15) is 12.4 Å². The Kier molecular flexibility index (Phi) is 10.7. The van der Waals surface area contributed by atoms with Crippen molar-refractivity contribution < 1.29 is 27.5 Å². The summed E-state index contributed by atoms with van der Waals surface area (Å²) in [5.41, 5.74) is 4.86. The Morgan fingerprint density at radius 1 is 1.00 bits per heavy atom. The predicted octanol–water partition coefficient (Wildman–Crippen LogP) is 3.70. The van der Waals surface area contributed by atoms with Crippen molar-refractivity contribution in [3.63, 3.8) is 0 Å². The van der Waals surface area contributed by atoms with Crippen molar-refractivity contribution in [3.05, 3.63) is 95.6 Å². The maximum Gasteiger partial charge on any atom is 0.344 e. The van der Waals surface area contributed by atoms with Crippen molar-refractivity contribution in [3.8, 4) is 5.75 Å². The van der Waals surface area contributed by atoms with Crippen molar-refractivity contribution in [1.29, 1.82) is 0 Å². The zero-order chi connectivity index (χ0) is 27.4. The summed E-state index contributed by atoms with van der Waals surface area (Å²) in [4.78, 5) is 24.1. The maximum atomic E-state index is 12.5. The SMILES string of the molecule is CSCCOC(=O)COc1ccc(/C=N/NC(=O)c2ccc(CN(c3ccccc3)S(C)(=O)=O)cc2)cc1. The number of anilines is 1. The standard InChI is InChI=1S/C27H29N3O6S2/c1-37-17-16-35-26(31)20-36-25-14-10-21(11-15-25)18-28-29-27(32)23-12-8-22(9-13-23)19-30(38(2,33)34)24-6-4-3-5-7-24/h3-15,18H,16-17,19-20H2,1-2H3,(H,29,32)/b28-18+. The van der Waals surface area contributed by atoms with E-state index in [9.17, 15) is 18.0 Å². The van der Waals surface area contributed by atoms with E-state index in [1.165, 1.54) is 10.5 Å². The fourth-order valence-electron chi connectivity index (χ4n) is 3.22. The number of hydrogen-bond acceptors (Lipinski definition) is 8. The Morgan fingerprint density at radius 3 is 2.32 bits per heavy atom. The highest BCUT2D eigenvalue weighted by molar-refractivity contribution is 7.98. The van der Waals surface area contributed by atoms with E-state index in [4.69, 9.17) is 9.47 Å². The molecule has 0 heterocycles. The first-order valence-electron chi connectivity index (χ1n) is 11.6. The molecule has 0 aliphatic carbocycles. The van der Waals surface area contributed by atoms with Gasteiger partial charge >= 0.3 is 5.97 Å². The number of nitrogens with one attached hydrogen (secondary N) is 1. The fourth-order valence-corrected chi connectivity index (χ4v) is 4.36. The lowest BCUT2D eigenvalue weighted by Gasteiger charge is -2.22. The van der Waals surface area contributed by atoms with E-state index in [1.807, 2.05) is 12.3 Å². The summed E-state index contributed by atoms with van der Waals surface area (Å²) in [5.74, 6) is 0.412. The minimum atomic E-state index is -3.49. The van der Waals surface area contributed by atoms with Gasteiger partial charge in [-0.05, 0) is 65.9 Å². The molecule has 0 aliphatic rings. The van der Waals surface area contributed by atoms with Gasteiger partial charge in [-0.3, -0.25) is 9.10 Å². The molecule has 0 saturated heterocycles. The molecule has 1 amide bonds. The van der Waals surface area contributed by atoms with Gasteiger partial charge in [-0.1, -0.05) is 30.3 Å². The Hall–Kier alpha value is -3.83.